The van der Waals surface area contributed by atoms with Gasteiger partial charge in [-0.1, -0.05) is 26.8 Å². The van der Waals surface area contributed by atoms with Crippen LogP contribution in [0.3, 0.4) is 0 Å². The Morgan fingerprint density at radius 2 is 2.00 bits per heavy atom. The standard InChI is InChI=1S/C12H16FN.C2H6O2.C2H6/c1-9-3-4-12(11(13)7-9)14-6-5-10(2)8-14;1-4-2-3;1-2/h3-4,7,10H,5-6,8H2,1-2H3;3H,2H2,1H3;1-2H3. The molecule has 1 aliphatic rings. The molecule has 0 radical (unpaired) electrons. The first-order chi connectivity index (χ1) is 9.58. The lowest BCUT2D eigenvalue weighted by molar-refractivity contribution is 0.0325. The van der Waals surface area contributed by atoms with Crippen molar-refractivity contribution in [2.45, 2.75) is 34.1 Å². The molecular weight excluding hydrogens is 257 g/mol. The summed E-state index contributed by atoms with van der Waals surface area (Å²) in [5, 5.41) is 7.65. The van der Waals surface area contributed by atoms with Gasteiger partial charge in [-0.05, 0) is 37.0 Å². The molecule has 116 valence electrons. The van der Waals surface area contributed by atoms with Gasteiger partial charge in [-0.15, -0.1) is 0 Å². The zero-order valence-electron chi connectivity index (χ0n) is 13.3. The van der Waals surface area contributed by atoms with Crippen molar-refractivity contribution in [3.63, 3.8) is 0 Å². The number of nitrogens with zero attached hydrogens (tertiary/aromatic N) is 1. The summed E-state index contributed by atoms with van der Waals surface area (Å²) in [4.78, 5) is 2.14. The first kappa shape index (κ1) is 18.9. The van der Waals surface area contributed by atoms with Crippen LogP contribution in [0.5, 0.6) is 0 Å². The fourth-order valence-corrected chi connectivity index (χ4v) is 2.02. The molecule has 0 aliphatic carbocycles. The molecule has 1 N–H and O–H groups in total. The van der Waals surface area contributed by atoms with E-state index in [1.807, 2.05) is 32.9 Å². The van der Waals surface area contributed by atoms with Gasteiger partial charge >= 0.3 is 0 Å². The number of aliphatic hydroxyl groups is 1. The molecule has 1 fully saturated rings. The number of rotatable bonds is 2. The van der Waals surface area contributed by atoms with Gasteiger partial charge in [0.1, 0.15) is 12.6 Å². The summed E-state index contributed by atoms with van der Waals surface area (Å²) in [6.07, 6.45) is 1.17. The van der Waals surface area contributed by atoms with Crippen LogP contribution in [0.15, 0.2) is 18.2 Å². The summed E-state index contributed by atoms with van der Waals surface area (Å²) >= 11 is 0. The van der Waals surface area contributed by atoms with Crippen LogP contribution in [-0.4, -0.2) is 32.1 Å². The van der Waals surface area contributed by atoms with E-state index >= 15 is 0 Å². The maximum atomic E-state index is 13.6. The van der Waals surface area contributed by atoms with Crippen LogP contribution in [0.1, 0.15) is 32.8 Å². The van der Waals surface area contributed by atoms with Crippen LogP contribution in [0, 0.1) is 18.7 Å². The third-order valence-corrected chi connectivity index (χ3v) is 3.00. The summed E-state index contributed by atoms with van der Waals surface area (Å²) in [6, 6.07) is 5.47. The van der Waals surface area contributed by atoms with E-state index in [9.17, 15) is 4.39 Å². The molecule has 0 saturated carbocycles. The minimum atomic E-state index is -0.181. The van der Waals surface area contributed by atoms with E-state index in [0.717, 1.165) is 24.3 Å². The molecule has 1 aromatic carbocycles. The lowest BCUT2D eigenvalue weighted by Crippen LogP contribution is -2.20. The van der Waals surface area contributed by atoms with Gasteiger partial charge in [-0.25, -0.2) is 4.39 Å². The number of halogens is 1. The largest absolute Gasteiger partial charge is 0.371 e. The lowest BCUT2D eigenvalue weighted by atomic mass is 10.2. The highest BCUT2D eigenvalue weighted by molar-refractivity contribution is 5.49. The normalized spacial score (nSPS) is 16.9. The first-order valence-electron chi connectivity index (χ1n) is 7.19. The highest BCUT2D eigenvalue weighted by atomic mass is 19.1. The van der Waals surface area contributed by atoms with E-state index in [1.54, 1.807) is 6.07 Å². The second-order valence-electron chi connectivity index (χ2n) is 4.71. The van der Waals surface area contributed by atoms with Crippen molar-refractivity contribution in [3.05, 3.63) is 29.6 Å². The molecule has 0 aromatic heterocycles. The summed E-state index contributed by atoms with van der Waals surface area (Å²) in [5.74, 6) is 0.606. The number of aryl methyl sites for hydroxylation is 1. The third-order valence-electron chi connectivity index (χ3n) is 3.00. The summed E-state index contributed by atoms with van der Waals surface area (Å²) in [6.45, 7) is 9.92. The van der Waals surface area contributed by atoms with Crippen molar-refractivity contribution in [3.8, 4) is 0 Å². The first-order valence-corrected chi connectivity index (χ1v) is 7.19. The minimum Gasteiger partial charge on any atom is -0.371 e. The zero-order chi connectivity index (χ0) is 15.5. The van der Waals surface area contributed by atoms with Gasteiger partial charge in [0.2, 0.25) is 0 Å². The summed E-state index contributed by atoms with van der Waals surface area (Å²) < 4.78 is 17.7. The van der Waals surface area contributed by atoms with Crippen LogP contribution < -0.4 is 4.90 Å². The molecule has 20 heavy (non-hydrogen) atoms. The summed E-state index contributed by atoms with van der Waals surface area (Å²) in [5.41, 5.74) is 1.75. The van der Waals surface area contributed by atoms with Gasteiger partial charge in [0.25, 0.3) is 0 Å². The lowest BCUT2D eigenvalue weighted by Gasteiger charge is -2.18. The molecule has 2 rings (SSSR count). The predicted molar refractivity (Wildman–Crippen MR) is 82.6 cm³/mol. The van der Waals surface area contributed by atoms with Crippen molar-refractivity contribution in [2.24, 2.45) is 5.92 Å². The molecule has 1 unspecified atom stereocenters. The van der Waals surface area contributed by atoms with Gasteiger partial charge < -0.3 is 14.7 Å². The Morgan fingerprint density at radius 3 is 2.40 bits per heavy atom. The van der Waals surface area contributed by atoms with E-state index in [2.05, 4.69) is 16.6 Å². The molecule has 1 heterocycles. The number of anilines is 1. The number of ether oxygens (including phenoxy) is 1. The fraction of sp³-hybridized carbons (Fsp3) is 0.625. The van der Waals surface area contributed by atoms with Crippen molar-refractivity contribution < 1.29 is 14.2 Å². The topological polar surface area (TPSA) is 32.7 Å². The zero-order valence-corrected chi connectivity index (χ0v) is 13.3. The summed E-state index contributed by atoms with van der Waals surface area (Å²) in [7, 11) is 1.43. The van der Waals surface area contributed by atoms with Crippen LogP contribution in [0.25, 0.3) is 0 Å². The van der Waals surface area contributed by atoms with E-state index in [1.165, 1.54) is 13.5 Å². The predicted octanol–water partition coefficient (Wildman–Crippen LogP) is 3.59. The van der Waals surface area contributed by atoms with Gasteiger partial charge in [0, 0.05) is 20.2 Å². The quantitative estimate of drug-likeness (QED) is 0.843. The fourth-order valence-electron chi connectivity index (χ4n) is 2.02. The van der Waals surface area contributed by atoms with Crippen LogP contribution in [0.4, 0.5) is 10.1 Å². The number of hydrogen-bond donors (Lipinski definition) is 1. The Morgan fingerprint density at radius 1 is 1.40 bits per heavy atom. The molecule has 4 heteroatoms. The highest BCUT2D eigenvalue weighted by Crippen LogP contribution is 2.26. The Balaban J connectivity index is 0.000000521. The van der Waals surface area contributed by atoms with Crippen molar-refractivity contribution in [1.29, 1.82) is 0 Å². The van der Waals surface area contributed by atoms with Crippen molar-refractivity contribution in [1.82, 2.24) is 0 Å². The van der Waals surface area contributed by atoms with Crippen LogP contribution in [-0.2, 0) is 4.74 Å². The third kappa shape index (κ3) is 6.35. The molecule has 1 aromatic rings. The maximum absolute atomic E-state index is 13.6. The monoisotopic (exact) mass is 285 g/mol. The smallest absolute Gasteiger partial charge is 0.146 e. The van der Waals surface area contributed by atoms with Gasteiger partial charge in [0.15, 0.2) is 0 Å². The molecule has 0 spiro atoms. The second kappa shape index (κ2) is 10.6. The molecular formula is C16H28FNO2. The number of aliphatic hydroxyl groups excluding tert-OH is 1. The Hall–Kier alpha value is -1.13. The van der Waals surface area contributed by atoms with E-state index in [4.69, 9.17) is 5.11 Å². The molecule has 0 bridgehead atoms. The number of methoxy groups -OCH3 is 1. The molecule has 0 amide bonds. The SMILES string of the molecule is CC.COCO.Cc1ccc(N2CCC(C)C2)c(F)c1. The molecule has 1 aliphatic heterocycles. The van der Waals surface area contributed by atoms with E-state index < -0.39 is 0 Å². The Kier molecular flexibility index (Phi) is 10.0. The van der Waals surface area contributed by atoms with Gasteiger partial charge in [0.05, 0.1) is 5.69 Å². The van der Waals surface area contributed by atoms with E-state index in [-0.39, 0.29) is 12.6 Å². The van der Waals surface area contributed by atoms with Gasteiger partial charge in [-0.3, -0.25) is 0 Å². The van der Waals surface area contributed by atoms with Crippen molar-refractivity contribution in [2.75, 3.05) is 31.9 Å². The van der Waals surface area contributed by atoms with Crippen LogP contribution in [0.2, 0.25) is 0 Å². The maximum Gasteiger partial charge on any atom is 0.146 e. The highest BCUT2D eigenvalue weighted by Gasteiger charge is 2.20. The minimum absolute atomic E-state index is 0.0842. The second-order valence-corrected chi connectivity index (χ2v) is 4.71. The Bertz CT molecular complexity index is 369. The number of benzene rings is 1. The van der Waals surface area contributed by atoms with E-state index in [0.29, 0.717) is 5.92 Å². The van der Waals surface area contributed by atoms with Crippen LogP contribution >= 0.6 is 0 Å². The molecule has 1 atom stereocenters. The average molecular weight is 285 g/mol. The molecule has 3 nitrogen and oxygen atoms in total. The van der Waals surface area contributed by atoms with Gasteiger partial charge in [-0.2, -0.15) is 0 Å². The Labute approximate surface area is 122 Å². The van der Waals surface area contributed by atoms with Crippen molar-refractivity contribution >= 4 is 5.69 Å². The molecule has 1 saturated heterocycles. The average Bonchev–Trinajstić information content (AvgIpc) is 2.88. The number of hydrogen-bond acceptors (Lipinski definition) is 3.